The minimum absolute atomic E-state index is 0.137. The largest absolute Gasteiger partial charge is 0.494 e. The van der Waals surface area contributed by atoms with E-state index >= 15 is 0 Å². The Bertz CT molecular complexity index is 469. The third-order valence-electron chi connectivity index (χ3n) is 3.24. The Hall–Kier alpha value is -1.62. The van der Waals surface area contributed by atoms with Crippen LogP contribution >= 0.6 is 0 Å². The molecule has 19 heavy (non-hydrogen) atoms. The van der Waals surface area contributed by atoms with E-state index in [1.807, 2.05) is 13.8 Å². The van der Waals surface area contributed by atoms with E-state index in [1.165, 1.54) is 19.2 Å². The normalized spacial score (nSPS) is 23.3. The minimum atomic E-state index is -0.510. The number of halogens is 1. The maximum Gasteiger partial charge on any atom is 0.254 e. The molecular formula is C14H19FN2O2. The molecule has 0 aromatic heterocycles. The highest BCUT2D eigenvalue weighted by molar-refractivity contribution is 5.94. The van der Waals surface area contributed by atoms with Crippen LogP contribution in [0.1, 0.15) is 24.2 Å². The lowest BCUT2D eigenvalue weighted by atomic mass is 10.1. The number of methoxy groups -OCH3 is 1. The second kappa shape index (κ2) is 5.57. The fraction of sp³-hybridized carbons (Fsp3) is 0.500. The number of amides is 1. The van der Waals surface area contributed by atoms with Crippen molar-refractivity contribution in [2.24, 2.45) is 0 Å². The quantitative estimate of drug-likeness (QED) is 0.885. The number of carbonyl (C=O) groups excluding carboxylic acids is 1. The molecule has 4 nitrogen and oxygen atoms in total. The molecule has 0 spiro atoms. The predicted octanol–water partition coefficient (Wildman–Crippen LogP) is 1.66. The first kappa shape index (κ1) is 13.8. The maximum atomic E-state index is 13.6. The van der Waals surface area contributed by atoms with Crippen LogP contribution < -0.4 is 10.1 Å². The Morgan fingerprint density at radius 1 is 1.37 bits per heavy atom. The summed E-state index contributed by atoms with van der Waals surface area (Å²) in [6, 6.07) is 4.81. The van der Waals surface area contributed by atoms with E-state index in [0.29, 0.717) is 18.7 Å². The Balaban J connectivity index is 2.17. The van der Waals surface area contributed by atoms with Crippen molar-refractivity contribution in [3.05, 3.63) is 29.6 Å². The summed E-state index contributed by atoms with van der Waals surface area (Å²) in [6.07, 6.45) is 0. The number of rotatable bonds is 2. The zero-order chi connectivity index (χ0) is 14.0. The standard InChI is InChI=1S/C14H19FN2O2/c1-9-7-17(8-10(2)16-9)14(18)11-4-5-13(19-3)12(15)6-11/h4-6,9-10,16H,7-8H2,1-3H3. The molecule has 5 heteroatoms. The summed E-state index contributed by atoms with van der Waals surface area (Å²) in [6.45, 7) is 5.34. The van der Waals surface area contributed by atoms with Crippen molar-refractivity contribution in [3.63, 3.8) is 0 Å². The molecule has 1 aliphatic heterocycles. The first-order valence-electron chi connectivity index (χ1n) is 6.40. The molecule has 1 heterocycles. The van der Waals surface area contributed by atoms with Crippen LogP contribution in [0.15, 0.2) is 18.2 Å². The van der Waals surface area contributed by atoms with E-state index in [1.54, 1.807) is 11.0 Å². The van der Waals surface area contributed by atoms with E-state index in [-0.39, 0.29) is 23.7 Å². The maximum absolute atomic E-state index is 13.6. The van der Waals surface area contributed by atoms with Crippen LogP contribution in [0.4, 0.5) is 4.39 Å². The Morgan fingerprint density at radius 2 is 2.00 bits per heavy atom. The lowest BCUT2D eigenvalue weighted by molar-refractivity contribution is 0.0673. The molecule has 2 unspecified atom stereocenters. The van der Waals surface area contributed by atoms with Gasteiger partial charge in [0, 0.05) is 30.7 Å². The van der Waals surface area contributed by atoms with Crippen molar-refractivity contribution in [2.45, 2.75) is 25.9 Å². The summed E-state index contributed by atoms with van der Waals surface area (Å²) in [5, 5.41) is 3.36. The van der Waals surface area contributed by atoms with Gasteiger partial charge in [-0.25, -0.2) is 4.39 Å². The zero-order valence-electron chi connectivity index (χ0n) is 11.4. The van der Waals surface area contributed by atoms with Crippen LogP contribution in [-0.2, 0) is 0 Å². The van der Waals surface area contributed by atoms with Gasteiger partial charge in [-0.2, -0.15) is 0 Å². The Kier molecular flexibility index (Phi) is 4.04. The van der Waals surface area contributed by atoms with Crippen molar-refractivity contribution in [2.75, 3.05) is 20.2 Å². The average molecular weight is 266 g/mol. The molecule has 1 fully saturated rings. The van der Waals surface area contributed by atoms with Crippen LogP contribution in [0.25, 0.3) is 0 Å². The molecule has 1 N–H and O–H groups in total. The van der Waals surface area contributed by atoms with Gasteiger partial charge >= 0.3 is 0 Å². The summed E-state index contributed by atoms with van der Waals surface area (Å²) in [5.74, 6) is -0.495. The number of hydrogen-bond acceptors (Lipinski definition) is 3. The molecule has 2 atom stereocenters. The van der Waals surface area contributed by atoms with Gasteiger partial charge in [0.05, 0.1) is 7.11 Å². The summed E-state index contributed by atoms with van der Waals surface area (Å²) in [4.78, 5) is 14.1. The van der Waals surface area contributed by atoms with Crippen molar-refractivity contribution in [1.29, 1.82) is 0 Å². The van der Waals surface area contributed by atoms with E-state index < -0.39 is 5.82 Å². The first-order valence-corrected chi connectivity index (χ1v) is 6.40. The molecular weight excluding hydrogens is 247 g/mol. The van der Waals surface area contributed by atoms with Gasteiger partial charge in [0.25, 0.3) is 5.91 Å². The van der Waals surface area contributed by atoms with Crippen molar-refractivity contribution in [1.82, 2.24) is 10.2 Å². The molecule has 0 aliphatic carbocycles. The summed E-state index contributed by atoms with van der Waals surface area (Å²) >= 11 is 0. The van der Waals surface area contributed by atoms with Gasteiger partial charge < -0.3 is 15.0 Å². The number of benzene rings is 1. The van der Waals surface area contributed by atoms with Crippen LogP contribution in [-0.4, -0.2) is 43.1 Å². The van der Waals surface area contributed by atoms with Crippen LogP contribution in [0, 0.1) is 5.82 Å². The number of nitrogens with one attached hydrogen (secondary N) is 1. The van der Waals surface area contributed by atoms with Gasteiger partial charge in [-0.3, -0.25) is 4.79 Å². The molecule has 1 saturated heterocycles. The lowest BCUT2D eigenvalue weighted by Crippen LogP contribution is -2.55. The number of hydrogen-bond donors (Lipinski definition) is 1. The van der Waals surface area contributed by atoms with Crippen molar-refractivity contribution < 1.29 is 13.9 Å². The third kappa shape index (κ3) is 3.04. The van der Waals surface area contributed by atoms with Gasteiger partial charge in [-0.1, -0.05) is 0 Å². The van der Waals surface area contributed by atoms with Crippen LogP contribution in [0.5, 0.6) is 5.75 Å². The summed E-state index contributed by atoms with van der Waals surface area (Å²) in [5.41, 5.74) is 0.361. The van der Waals surface area contributed by atoms with Gasteiger partial charge in [-0.15, -0.1) is 0 Å². The molecule has 1 aromatic rings. The number of ether oxygens (including phenoxy) is 1. The van der Waals surface area contributed by atoms with Crippen LogP contribution in [0.3, 0.4) is 0 Å². The van der Waals surface area contributed by atoms with Crippen molar-refractivity contribution >= 4 is 5.91 Å². The summed E-state index contributed by atoms with van der Waals surface area (Å²) in [7, 11) is 1.40. The molecule has 1 aliphatic rings. The topological polar surface area (TPSA) is 41.6 Å². The van der Waals surface area contributed by atoms with Crippen LogP contribution in [0.2, 0.25) is 0 Å². The smallest absolute Gasteiger partial charge is 0.254 e. The third-order valence-corrected chi connectivity index (χ3v) is 3.24. The van der Waals surface area contributed by atoms with E-state index in [4.69, 9.17) is 4.74 Å². The second-order valence-corrected chi connectivity index (χ2v) is 5.03. The highest BCUT2D eigenvalue weighted by Gasteiger charge is 2.25. The SMILES string of the molecule is COc1ccc(C(=O)N2CC(C)NC(C)C2)cc1F. The Morgan fingerprint density at radius 3 is 2.53 bits per heavy atom. The molecule has 1 amide bonds. The lowest BCUT2D eigenvalue weighted by Gasteiger charge is -2.36. The van der Waals surface area contributed by atoms with Gasteiger partial charge in [0.15, 0.2) is 11.6 Å². The molecule has 104 valence electrons. The number of piperazine rings is 1. The molecule has 0 saturated carbocycles. The van der Waals surface area contributed by atoms with Crippen molar-refractivity contribution in [3.8, 4) is 5.75 Å². The fourth-order valence-electron chi connectivity index (χ4n) is 2.47. The zero-order valence-corrected chi connectivity index (χ0v) is 11.4. The summed E-state index contributed by atoms with van der Waals surface area (Å²) < 4.78 is 18.5. The van der Waals surface area contributed by atoms with E-state index in [0.717, 1.165) is 0 Å². The molecule has 2 rings (SSSR count). The molecule has 0 bridgehead atoms. The molecule has 1 aromatic carbocycles. The van der Waals surface area contributed by atoms with E-state index in [2.05, 4.69) is 5.32 Å². The highest BCUT2D eigenvalue weighted by Crippen LogP contribution is 2.19. The van der Waals surface area contributed by atoms with Gasteiger partial charge in [0.2, 0.25) is 0 Å². The monoisotopic (exact) mass is 266 g/mol. The number of carbonyl (C=O) groups is 1. The minimum Gasteiger partial charge on any atom is -0.494 e. The average Bonchev–Trinajstić information content (AvgIpc) is 2.36. The fourth-order valence-corrected chi connectivity index (χ4v) is 2.47. The second-order valence-electron chi connectivity index (χ2n) is 5.03. The highest BCUT2D eigenvalue weighted by atomic mass is 19.1. The predicted molar refractivity (Wildman–Crippen MR) is 70.9 cm³/mol. The Labute approximate surface area is 112 Å². The number of nitrogens with zero attached hydrogens (tertiary/aromatic N) is 1. The first-order chi connectivity index (χ1) is 9.01. The molecule has 0 radical (unpaired) electrons. The van der Waals surface area contributed by atoms with Gasteiger partial charge in [-0.05, 0) is 32.0 Å². The van der Waals surface area contributed by atoms with Gasteiger partial charge in [0.1, 0.15) is 0 Å². The van der Waals surface area contributed by atoms with E-state index in [9.17, 15) is 9.18 Å².